The van der Waals surface area contributed by atoms with Crippen LogP contribution in [0.2, 0.25) is 0 Å². The lowest BCUT2D eigenvalue weighted by atomic mass is 9.82. The first-order valence-corrected chi connectivity index (χ1v) is 7.93. The number of carbonyl (C=O) groups excluding carboxylic acids is 1. The van der Waals surface area contributed by atoms with Gasteiger partial charge in [0.2, 0.25) is 5.91 Å². The molecule has 0 spiro atoms. The zero-order valence-corrected chi connectivity index (χ0v) is 14.9. The first kappa shape index (κ1) is 19.0. The summed E-state index contributed by atoms with van der Waals surface area (Å²) in [4.78, 5) is 12.2. The number of rotatable bonds is 6. The van der Waals surface area contributed by atoms with Gasteiger partial charge in [0.25, 0.3) is 0 Å². The number of carbonyl (C=O) groups is 1. The molecule has 1 unspecified atom stereocenters. The van der Waals surface area contributed by atoms with Crippen molar-refractivity contribution in [2.24, 2.45) is 11.3 Å². The summed E-state index contributed by atoms with van der Waals surface area (Å²) in [7, 11) is 0. The molecule has 1 aliphatic rings. The zero-order valence-electron chi connectivity index (χ0n) is 14.1. The average Bonchev–Trinajstić information content (AvgIpc) is 3.18. The van der Waals surface area contributed by atoms with Crippen molar-refractivity contribution in [2.75, 3.05) is 13.1 Å². The molecule has 1 aromatic rings. The van der Waals surface area contributed by atoms with Crippen LogP contribution in [0.5, 0.6) is 0 Å². The van der Waals surface area contributed by atoms with Crippen molar-refractivity contribution in [1.29, 1.82) is 0 Å². The van der Waals surface area contributed by atoms with E-state index in [2.05, 4.69) is 62.6 Å². The molecule has 22 heavy (non-hydrogen) atoms. The van der Waals surface area contributed by atoms with Crippen LogP contribution in [0, 0.1) is 18.3 Å². The summed E-state index contributed by atoms with van der Waals surface area (Å²) in [6.45, 7) is 9.96. The minimum absolute atomic E-state index is 0. The quantitative estimate of drug-likeness (QED) is 0.839. The van der Waals surface area contributed by atoms with Crippen molar-refractivity contribution >= 4 is 18.3 Å². The first-order chi connectivity index (χ1) is 9.86. The smallest absolute Gasteiger partial charge is 0.234 e. The maximum Gasteiger partial charge on any atom is 0.234 e. The van der Waals surface area contributed by atoms with Gasteiger partial charge in [-0.15, -0.1) is 12.4 Å². The van der Waals surface area contributed by atoms with Crippen molar-refractivity contribution in [3.05, 3.63) is 35.4 Å². The van der Waals surface area contributed by atoms with E-state index < -0.39 is 0 Å². The highest BCUT2D eigenvalue weighted by Gasteiger charge is 2.28. The summed E-state index contributed by atoms with van der Waals surface area (Å²) in [5.74, 6) is 0.880. The molecule has 0 saturated heterocycles. The number of hydrogen-bond acceptors (Lipinski definition) is 2. The number of aryl methyl sites for hydroxylation is 1. The monoisotopic (exact) mass is 324 g/mol. The third kappa shape index (κ3) is 5.98. The Morgan fingerprint density at radius 1 is 1.32 bits per heavy atom. The summed E-state index contributed by atoms with van der Waals surface area (Å²) in [5.41, 5.74) is 2.39. The van der Waals surface area contributed by atoms with Crippen molar-refractivity contribution in [1.82, 2.24) is 10.6 Å². The van der Waals surface area contributed by atoms with Crippen molar-refractivity contribution < 1.29 is 4.79 Å². The summed E-state index contributed by atoms with van der Waals surface area (Å²) in [5, 5.41) is 6.45. The van der Waals surface area contributed by atoms with Gasteiger partial charge in [-0.1, -0.05) is 50.6 Å². The van der Waals surface area contributed by atoms with Crippen molar-refractivity contribution in [3.8, 4) is 0 Å². The predicted octanol–water partition coefficient (Wildman–Crippen LogP) is 3.62. The molecule has 1 fully saturated rings. The van der Waals surface area contributed by atoms with Crippen LogP contribution >= 0.6 is 12.4 Å². The van der Waals surface area contributed by atoms with E-state index in [9.17, 15) is 4.79 Å². The molecule has 0 aliphatic heterocycles. The molecule has 1 atom stereocenters. The van der Waals surface area contributed by atoms with Crippen LogP contribution in [-0.2, 0) is 4.79 Å². The van der Waals surface area contributed by atoms with E-state index in [-0.39, 0.29) is 29.8 Å². The normalized spacial score (nSPS) is 15.8. The third-order valence-corrected chi connectivity index (χ3v) is 3.96. The molecule has 1 aliphatic carbocycles. The first-order valence-electron chi connectivity index (χ1n) is 7.93. The zero-order chi connectivity index (χ0) is 15.5. The second-order valence-electron chi connectivity index (χ2n) is 7.35. The number of nitrogens with one attached hydrogen (secondary N) is 2. The molecule has 4 heteroatoms. The molecule has 2 N–H and O–H groups in total. The van der Waals surface area contributed by atoms with Gasteiger partial charge < -0.3 is 10.6 Å². The molecule has 0 heterocycles. The van der Waals surface area contributed by atoms with Crippen LogP contribution in [0.25, 0.3) is 0 Å². The fourth-order valence-corrected chi connectivity index (χ4v) is 2.57. The lowest BCUT2D eigenvalue weighted by Gasteiger charge is -2.32. The van der Waals surface area contributed by atoms with Crippen LogP contribution < -0.4 is 10.6 Å². The minimum Gasteiger partial charge on any atom is -0.348 e. The molecule has 1 saturated carbocycles. The fraction of sp³-hybridized carbons (Fsp3) is 0.611. The Morgan fingerprint density at radius 3 is 2.55 bits per heavy atom. The Kier molecular flexibility index (Phi) is 6.89. The van der Waals surface area contributed by atoms with Crippen LogP contribution in [0.1, 0.15) is 50.8 Å². The number of halogens is 1. The average molecular weight is 325 g/mol. The van der Waals surface area contributed by atoms with Gasteiger partial charge in [-0.3, -0.25) is 4.79 Å². The van der Waals surface area contributed by atoms with Gasteiger partial charge in [0.15, 0.2) is 0 Å². The van der Waals surface area contributed by atoms with E-state index in [1.807, 2.05) is 0 Å². The highest BCUT2D eigenvalue weighted by atomic mass is 35.5. The summed E-state index contributed by atoms with van der Waals surface area (Å²) in [6.07, 6.45) is 2.62. The van der Waals surface area contributed by atoms with Gasteiger partial charge in [0, 0.05) is 0 Å². The van der Waals surface area contributed by atoms with E-state index in [1.165, 1.54) is 24.0 Å². The second kappa shape index (κ2) is 7.98. The summed E-state index contributed by atoms with van der Waals surface area (Å²) < 4.78 is 0. The number of benzene rings is 1. The Morgan fingerprint density at radius 2 is 2.00 bits per heavy atom. The van der Waals surface area contributed by atoms with Crippen LogP contribution in [-0.4, -0.2) is 19.0 Å². The minimum atomic E-state index is -0.0139. The van der Waals surface area contributed by atoms with Gasteiger partial charge in [0.05, 0.1) is 12.6 Å². The Balaban J connectivity index is 0.00000242. The van der Waals surface area contributed by atoms with Crippen molar-refractivity contribution in [2.45, 2.75) is 46.6 Å². The molecule has 3 nitrogen and oxygen atoms in total. The van der Waals surface area contributed by atoms with Gasteiger partial charge in [-0.05, 0) is 43.2 Å². The lowest BCUT2D eigenvalue weighted by Crippen LogP contribution is -2.41. The van der Waals surface area contributed by atoms with E-state index in [4.69, 9.17) is 0 Å². The second-order valence-corrected chi connectivity index (χ2v) is 7.35. The maximum atomic E-state index is 12.2. The molecule has 0 bridgehead atoms. The molecule has 0 radical (unpaired) electrons. The van der Waals surface area contributed by atoms with E-state index in [0.717, 1.165) is 12.5 Å². The molecular weight excluding hydrogens is 296 g/mol. The summed E-state index contributed by atoms with van der Waals surface area (Å²) in [6, 6.07) is 8.44. The highest BCUT2D eigenvalue weighted by molar-refractivity contribution is 5.85. The Hall–Kier alpha value is -1.06. The lowest BCUT2D eigenvalue weighted by molar-refractivity contribution is -0.121. The van der Waals surface area contributed by atoms with E-state index in [0.29, 0.717) is 6.54 Å². The standard InChI is InChI=1S/C18H28N2O.ClH/c1-13-6-5-7-15(10-13)17(18(2,3)4)20-16(21)12-19-11-14-8-9-14;/h5-7,10,14,17,19H,8-9,11-12H2,1-4H3,(H,20,21);1H. The molecule has 1 aromatic carbocycles. The van der Waals surface area contributed by atoms with Crippen molar-refractivity contribution in [3.63, 3.8) is 0 Å². The van der Waals surface area contributed by atoms with Crippen LogP contribution in [0.3, 0.4) is 0 Å². The molecular formula is C18H29ClN2O. The van der Waals surface area contributed by atoms with Gasteiger partial charge in [-0.25, -0.2) is 0 Å². The van der Waals surface area contributed by atoms with Gasteiger partial charge in [0.1, 0.15) is 0 Å². The largest absolute Gasteiger partial charge is 0.348 e. The number of hydrogen-bond donors (Lipinski definition) is 2. The Labute approximate surface area is 140 Å². The Bertz CT molecular complexity index is 492. The van der Waals surface area contributed by atoms with Gasteiger partial charge in [-0.2, -0.15) is 0 Å². The van der Waals surface area contributed by atoms with Crippen LogP contribution in [0.4, 0.5) is 0 Å². The predicted molar refractivity (Wildman–Crippen MR) is 94.4 cm³/mol. The molecule has 124 valence electrons. The maximum absolute atomic E-state index is 12.2. The van der Waals surface area contributed by atoms with E-state index in [1.54, 1.807) is 0 Å². The van der Waals surface area contributed by atoms with E-state index >= 15 is 0 Å². The third-order valence-electron chi connectivity index (χ3n) is 3.96. The molecule has 0 aromatic heterocycles. The SMILES string of the molecule is Cc1cccc(C(NC(=O)CNCC2CC2)C(C)(C)C)c1.Cl. The summed E-state index contributed by atoms with van der Waals surface area (Å²) >= 11 is 0. The van der Waals surface area contributed by atoms with Crippen LogP contribution in [0.15, 0.2) is 24.3 Å². The highest BCUT2D eigenvalue weighted by Crippen LogP contribution is 2.33. The molecule has 1 amide bonds. The number of amides is 1. The molecule has 2 rings (SSSR count). The topological polar surface area (TPSA) is 41.1 Å². The fourth-order valence-electron chi connectivity index (χ4n) is 2.57. The van der Waals surface area contributed by atoms with Gasteiger partial charge >= 0.3 is 0 Å².